The number of aryl methyl sites for hydroxylation is 2. The molecule has 4 nitrogen and oxygen atoms in total. The van der Waals surface area contributed by atoms with Crippen LogP contribution in [0.5, 0.6) is 0 Å². The quantitative estimate of drug-likeness (QED) is 0.780. The molecule has 0 unspecified atom stereocenters. The second-order valence-electron chi connectivity index (χ2n) is 6.85. The van der Waals surface area contributed by atoms with Crippen LogP contribution >= 0.6 is 0 Å². The molecule has 0 aliphatic carbocycles. The lowest BCUT2D eigenvalue weighted by Gasteiger charge is -2.20. The molecule has 0 spiro atoms. The number of likely N-dealkylation sites (tertiary alicyclic amines) is 1. The van der Waals surface area contributed by atoms with Crippen molar-refractivity contribution in [3.8, 4) is 0 Å². The standard InChI is InChI=1S/C20H26N2O2/c1-4-5-12-22-19(23)17(16-9-8-14(2)13-15(16)3)18(20(22)24)21-10-6-7-11-21/h8-9,13H,4-7,10-12H2,1-3H3. The predicted molar refractivity (Wildman–Crippen MR) is 95.3 cm³/mol. The Kier molecular flexibility index (Phi) is 4.74. The summed E-state index contributed by atoms with van der Waals surface area (Å²) >= 11 is 0. The number of carbonyl (C=O) groups is 2. The first kappa shape index (κ1) is 16.7. The Morgan fingerprint density at radius 2 is 1.75 bits per heavy atom. The molecular weight excluding hydrogens is 300 g/mol. The normalized spacial score (nSPS) is 18.3. The first-order chi connectivity index (χ1) is 11.5. The van der Waals surface area contributed by atoms with E-state index in [4.69, 9.17) is 0 Å². The highest BCUT2D eigenvalue weighted by molar-refractivity contribution is 6.35. The minimum Gasteiger partial charge on any atom is -0.366 e. The minimum atomic E-state index is -0.123. The summed E-state index contributed by atoms with van der Waals surface area (Å²) < 4.78 is 0. The molecule has 0 aromatic heterocycles. The fourth-order valence-corrected chi connectivity index (χ4v) is 3.65. The Hall–Kier alpha value is -2.10. The topological polar surface area (TPSA) is 40.6 Å². The van der Waals surface area contributed by atoms with E-state index in [0.29, 0.717) is 17.8 Å². The summed E-state index contributed by atoms with van der Waals surface area (Å²) in [4.78, 5) is 29.6. The summed E-state index contributed by atoms with van der Waals surface area (Å²) in [6.45, 7) is 8.38. The van der Waals surface area contributed by atoms with E-state index in [0.717, 1.165) is 49.9 Å². The number of rotatable bonds is 5. The first-order valence-corrected chi connectivity index (χ1v) is 8.97. The third-order valence-corrected chi connectivity index (χ3v) is 4.95. The highest BCUT2D eigenvalue weighted by atomic mass is 16.2. The van der Waals surface area contributed by atoms with Crippen molar-refractivity contribution < 1.29 is 9.59 Å². The second kappa shape index (κ2) is 6.80. The van der Waals surface area contributed by atoms with Gasteiger partial charge < -0.3 is 4.90 Å². The Morgan fingerprint density at radius 3 is 2.38 bits per heavy atom. The van der Waals surface area contributed by atoms with Crippen LogP contribution in [0, 0.1) is 13.8 Å². The van der Waals surface area contributed by atoms with Crippen LogP contribution in [-0.4, -0.2) is 41.2 Å². The fraction of sp³-hybridized carbons (Fsp3) is 0.500. The number of imide groups is 1. The molecule has 3 rings (SSSR count). The van der Waals surface area contributed by atoms with Gasteiger partial charge in [0.25, 0.3) is 11.8 Å². The Labute approximate surface area is 144 Å². The average Bonchev–Trinajstić information content (AvgIpc) is 3.14. The van der Waals surface area contributed by atoms with E-state index in [1.54, 1.807) is 0 Å². The molecule has 2 aliphatic heterocycles. The van der Waals surface area contributed by atoms with Crippen LogP contribution in [-0.2, 0) is 9.59 Å². The van der Waals surface area contributed by atoms with Crippen molar-refractivity contribution in [1.82, 2.24) is 9.80 Å². The predicted octanol–water partition coefficient (Wildman–Crippen LogP) is 3.28. The summed E-state index contributed by atoms with van der Waals surface area (Å²) in [5, 5.41) is 0. The van der Waals surface area contributed by atoms with Gasteiger partial charge in [-0.3, -0.25) is 14.5 Å². The van der Waals surface area contributed by atoms with Gasteiger partial charge in [-0.2, -0.15) is 0 Å². The number of carbonyl (C=O) groups excluding carboxylic acids is 2. The fourth-order valence-electron chi connectivity index (χ4n) is 3.65. The van der Waals surface area contributed by atoms with Gasteiger partial charge in [0.2, 0.25) is 0 Å². The Morgan fingerprint density at radius 1 is 1.04 bits per heavy atom. The molecule has 2 aliphatic rings. The van der Waals surface area contributed by atoms with Crippen LogP contribution in [0.25, 0.3) is 5.57 Å². The zero-order valence-corrected chi connectivity index (χ0v) is 14.9. The number of amides is 2. The van der Waals surface area contributed by atoms with Gasteiger partial charge in [0.15, 0.2) is 0 Å². The van der Waals surface area contributed by atoms with Crippen molar-refractivity contribution in [2.45, 2.75) is 46.5 Å². The molecule has 1 aromatic carbocycles. The monoisotopic (exact) mass is 326 g/mol. The van der Waals surface area contributed by atoms with Crippen LogP contribution < -0.4 is 0 Å². The van der Waals surface area contributed by atoms with Gasteiger partial charge >= 0.3 is 0 Å². The Bertz CT molecular complexity index is 700. The molecule has 2 heterocycles. The summed E-state index contributed by atoms with van der Waals surface area (Å²) in [7, 11) is 0. The molecule has 0 N–H and O–H groups in total. The highest BCUT2D eigenvalue weighted by Gasteiger charge is 2.41. The van der Waals surface area contributed by atoms with Gasteiger partial charge in [-0.15, -0.1) is 0 Å². The van der Waals surface area contributed by atoms with Crippen molar-refractivity contribution in [2.24, 2.45) is 0 Å². The molecule has 24 heavy (non-hydrogen) atoms. The molecular formula is C20H26N2O2. The lowest BCUT2D eigenvalue weighted by Crippen LogP contribution is -2.35. The highest BCUT2D eigenvalue weighted by Crippen LogP contribution is 2.35. The maximum Gasteiger partial charge on any atom is 0.277 e. The van der Waals surface area contributed by atoms with Crippen LogP contribution in [0.15, 0.2) is 23.9 Å². The van der Waals surface area contributed by atoms with Crippen LogP contribution in [0.2, 0.25) is 0 Å². The molecule has 0 saturated carbocycles. The van der Waals surface area contributed by atoms with Crippen LogP contribution in [0.3, 0.4) is 0 Å². The summed E-state index contributed by atoms with van der Waals surface area (Å²) in [6.07, 6.45) is 3.99. The Balaban J connectivity index is 2.08. The largest absolute Gasteiger partial charge is 0.366 e. The van der Waals surface area contributed by atoms with E-state index in [-0.39, 0.29) is 11.8 Å². The van der Waals surface area contributed by atoms with Crippen molar-refractivity contribution in [2.75, 3.05) is 19.6 Å². The summed E-state index contributed by atoms with van der Waals surface area (Å²) in [6, 6.07) is 6.09. The molecule has 4 heteroatoms. The van der Waals surface area contributed by atoms with E-state index in [2.05, 4.69) is 17.9 Å². The van der Waals surface area contributed by atoms with Crippen molar-refractivity contribution in [1.29, 1.82) is 0 Å². The smallest absolute Gasteiger partial charge is 0.277 e. The van der Waals surface area contributed by atoms with Crippen molar-refractivity contribution >= 4 is 17.4 Å². The van der Waals surface area contributed by atoms with E-state index in [1.807, 2.05) is 26.0 Å². The maximum atomic E-state index is 13.0. The third kappa shape index (κ3) is 2.85. The number of hydrogen-bond donors (Lipinski definition) is 0. The summed E-state index contributed by atoms with van der Waals surface area (Å²) in [5.74, 6) is -0.229. The van der Waals surface area contributed by atoms with E-state index in [9.17, 15) is 9.59 Å². The number of hydrogen-bond acceptors (Lipinski definition) is 3. The lowest BCUT2D eigenvalue weighted by molar-refractivity contribution is -0.137. The SMILES string of the molecule is CCCCN1C(=O)C(c2ccc(C)cc2C)=C(N2CCCC2)C1=O. The lowest BCUT2D eigenvalue weighted by atomic mass is 9.97. The molecule has 0 atom stereocenters. The van der Waals surface area contributed by atoms with Crippen LogP contribution in [0.4, 0.5) is 0 Å². The van der Waals surface area contributed by atoms with Gasteiger partial charge in [-0.1, -0.05) is 37.1 Å². The van der Waals surface area contributed by atoms with Gasteiger partial charge in [0.1, 0.15) is 5.70 Å². The van der Waals surface area contributed by atoms with E-state index in [1.165, 1.54) is 10.5 Å². The van der Waals surface area contributed by atoms with E-state index >= 15 is 0 Å². The van der Waals surface area contributed by atoms with Gasteiger partial charge in [0, 0.05) is 19.6 Å². The molecule has 1 fully saturated rings. The number of unbranched alkanes of at least 4 members (excludes halogenated alkanes) is 1. The molecule has 0 radical (unpaired) electrons. The zero-order valence-electron chi connectivity index (χ0n) is 14.9. The number of nitrogens with zero attached hydrogens (tertiary/aromatic N) is 2. The van der Waals surface area contributed by atoms with Crippen molar-refractivity contribution in [3.63, 3.8) is 0 Å². The van der Waals surface area contributed by atoms with Crippen LogP contribution in [0.1, 0.15) is 49.3 Å². The number of benzene rings is 1. The average molecular weight is 326 g/mol. The minimum absolute atomic E-state index is 0.106. The summed E-state index contributed by atoms with van der Waals surface area (Å²) in [5.41, 5.74) is 4.36. The third-order valence-electron chi connectivity index (χ3n) is 4.95. The molecule has 1 saturated heterocycles. The van der Waals surface area contributed by atoms with E-state index < -0.39 is 0 Å². The first-order valence-electron chi connectivity index (χ1n) is 8.97. The molecule has 2 amide bonds. The zero-order chi connectivity index (χ0) is 17.3. The second-order valence-corrected chi connectivity index (χ2v) is 6.85. The molecule has 1 aromatic rings. The van der Waals surface area contributed by atoms with Gasteiger partial charge in [-0.25, -0.2) is 0 Å². The van der Waals surface area contributed by atoms with Crippen molar-refractivity contribution in [3.05, 3.63) is 40.6 Å². The molecule has 0 bridgehead atoms. The maximum absolute atomic E-state index is 13.0. The molecule has 128 valence electrons. The van der Waals surface area contributed by atoms with Gasteiger partial charge in [-0.05, 0) is 44.2 Å². The van der Waals surface area contributed by atoms with Gasteiger partial charge in [0.05, 0.1) is 5.57 Å².